The topological polar surface area (TPSA) is 77.0 Å². The van der Waals surface area contributed by atoms with E-state index in [0.717, 1.165) is 28.4 Å². The van der Waals surface area contributed by atoms with Gasteiger partial charge < -0.3 is 15.6 Å². The lowest BCUT2D eigenvalue weighted by Crippen LogP contribution is -2.03. The van der Waals surface area contributed by atoms with Crippen molar-refractivity contribution >= 4 is 11.4 Å². The molecule has 22 heavy (non-hydrogen) atoms. The average molecular weight is 294 g/mol. The van der Waals surface area contributed by atoms with E-state index in [1.165, 1.54) is 5.56 Å². The largest absolute Gasteiger partial charge is 0.396 e. The van der Waals surface area contributed by atoms with Gasteiger partial charge in [0.2, 0.25) is 0 Å². The molecule has 112 valence electrons. The molecule has 0 aliphatic rings. The highest BCUT2D eigenvalue weighted by atomic mass is 16.5. The molecule has 3 N–H and O–H groups in total. The number of aromatic nitrogens is 2. The molecule has 0 saturated carbocycles. The number of nitrogens with zero attached hydrogens (tertiary/aromatic N) is 2. The van der Waals surface area contributed by atoms with Gasteiger partial charge in [0.15, 0.2) is 0 Å². The first-order valence-corrected chi connectivity index (χ1v) is 7.11. The smallest absolute Gasteiger partial charge is 0.143 e. The van der Waals surface area contributed by atoms with Gasteiger partial charge in [0, 0.05) is 6.54 Å². The Kier molecular flexibility index (Phi) is 3.78. The maximum Gasteiger partial charge on any atom is 0.143 e. The van der Waals surface area contributed by atoms with Crippen LogP contribution in [0.15, 0.2) is 47.1 Å². The van der Waals surface area contributed by atoms with Crippen LogP contribution in [0.3, 0.4) is 0 Å². The molecule has 2 aromatic heterocycles. The summed E-state index contributed by atoms with van der Waals surface area (Å²) < 4.78 is 5.21. The normalized spacial score (nSPS) is 10.6. The summed E-state index contributed by atoms with van der Waals surface area (Å²) in [6.45, 7) is 4.49. The third kappa shape index (κ3) is 2.79. The summed E-state index contributed by atoms with van der Waals surface area (Å²) in [5.41, 5.74) is 11.2. The average Bonchev–Trinajstić information content (AvgIpc) is 2.87. The Bertz CT molecular complexity index is 761. The minimum Gasteiger partial charge on any atom is -0.396 e. The summed E-state index contributed by atoms with van der Waals surface area (Å²) in [4.78, 5) is 4.39. The first-order chi connectivity index (χ1) is 10.6. The molecule has 0 aliphatic heterocycles. The number of nitrogens with one attached hydrogen (secondary N) is 1. The van der Waals surface area contributed by atoms with Crippen molar-refractivity contribution in [2.75, 3.05) is 11.1 Å². The minimum absolute atomic E-state index is 0.617. The lowest BCUT2D eigenvalue weighted by atomic mass is 10.1. The molecule has 3 aromatic rings. The van der Waals surface area contributed by atoms with E-state index in [9.17, 15) is 0 Å². The highest BCUT2D eigenvalue weighted by Crippen LogP contribution is 2.29. The van der Waals surface area contributed by atoms with Crippen molar-refractivity contribution in [3.05, 3.63) is 59.6 Å². The molecule has 0 atom stereocenters. The van der Waals surface area contributed by atoms with E-state index in [1.807, 2.05) is 38.1 Å². The lowest BCUT2D eigenvalue weighted by molar-refractivity contribution is 0.393. The van der Waals surface area contributed by atoms with E-state index in [4.69, 9.17) is 10.3 Å². The van der Waals surface area contributed by atoms with Gasteiger partial charge in [-0.15, -0.1) is 0 Å². The number of pyridine rings is 1. The van der Waals surface area contributed by atoms with Crippen LogP contribution >= 0.6 is 0 Å². The zero-order valence-corrected chi connectivity index (χ0v) is 12.6. The standard InChI is InChI=1S/C17H18N4O/c1-11-17(12(2)22-21-11)16-8-15(14(18)10-20-16)19-9-13-6-4-3-5-7-13/h3-8,10H,9,18H2,1-2H3,(H,19,20). The first kappa shape index (κ1) is 14.1. The Morgan fingerprint density at radius 1 is 1.18 bits per heavy atom. The van der Waals surface area contributed by atoms with Crippen LogP contribution in [0.4, 0.5) is 11.4 Å². The SMILES string of the molecule is Cc1noc(C)c1-c1cc(NCc2ccccc2)c(N)cn1. The van der Waals surface area contributed by atoms with Crippen LogP contribution in [0.25, 0.3) is 11.3 Å². The summed E-state index contributed by atoms with van der Waals surface area (Å²) >= 11 is 0. The Labute approximate surface area is 129 Å². The third-order valence-electron chi connectivity index (χ3n) is 3.55. The summed E-state index contributed by atoms with van der Waals surface area (Å²) in [6.07, 6.45) is 1.66. The first-order valence-electron chi connectivity index (χ1n) is 7.11. The predicted octanol–water partition coefficient (Wildman–Crippen LogP) is 3.55. The maximum atomic E-state index is 6.02. The highest BCUT2D eigenvalue weighted by Gasteiger charge is 2.14. The van der Waals surface area contributed by atoms with E-state index in [1.54, 1.807) is 6.20 Å². The molecule has 1 aromatic carbocycles. The van der Waals surface area contributed by atoms with Gasteiger partial charge in [-0.2, -0.15) is 0 Å². The molecule has 0 fully saturated rings. The van der Waals surface area contributed by atoms with Gasteiger partial charge in [0.1, 0.15) is 5.76 Å². The van der Waals surface area contributed by atoms with Gasteiger partial charge >= 0.3 is 0 Å². The molecule has 2 heterocycles. The third-order valence-corrected chi connectivity index (χ3v) is 3.55. The Hall–Kier alpha value is -2.82. The second kappa shape index (κ2) is 5.89. The summed E-state index contributed by atoms with van der Waals surface area (Å²) in [6, 6.07) is 12.1. The number of hydrogen-bond acceptors (Lipinski definition) is 5. The van der Waals surface area contributed by atoms with Crippen molar-refractivity contribution in [3.8, 4) is 11.3 Å². The number of aryl methyl sites for hydroxylation is 2. The van der Waals surface area contributed by atoms with Gasteiger partial charge in [-0.1, -0.05) is 35.5 Å². The van der Waals surface area contributed by atoms with Crippen molar-refractivity contribution < 1.29 is 4.52 Å². The fraction of sp³-hybridized carbons (Fsp3) is 0.176. The zero-order chi connectivity index (χ0) is 15.5. The van der Waals surface area contributed by atoms with Gasteiger partial charge in [-0.3, -0.25) is 4.98 Å². The Morgan fingerprint density at radius 3 is 2.64 bits per heavy atom. The molecule has 5 nitrogen and oxygen atoms in total. The monoisotopic (exact) mass is 294 g/mol. The van der Waals surface area contributed by atoms with E-state index >= 15 is 0 Å². The van der Waals surface area contributed by atoms with E-state index in [0.29, 0.717) is 12.2 Å². The highest BCUT2D eigenvalue weighted by molar-refractivity contribution is 5.74. The molecule has 3 rings (SSSR count). The molecule has 5 heteroatoms. The molecule has 0 saturated heterocycles. The fourth-order valence-corrected chi connectivity index (χ4v) is 2.40. The van der Waals surface area contributed by atoms with Crippen molar-refractivity contribution in [2.45, 2.75) is 20.4 Å². The van der Waals surface area contributed by atoms with Crippen molar-refractivity contribution in [3.63, 3.8) is 0 Å². The number of nitrogens with two attached hydrogens (primary N) is 1. The van der Waals surface area contributed by atoms with Crippen LogP contribution in [0.5, 0.6) is 0 Å². The molecule has 0 aliphatic carbocycles. The van der Waals surface area contributed by atoms with Crippen LogP contribution in [0.1, 0.15) is 17.0 Å². The van der Waals surface area contributed by atoms with Crippen LogP contribution in [-0.2, 0) is 6.54 Å². The maximum absolute atomic E-state index is 6.02. The molecule has 0 radical (unpaired) electrons. The van der Waals surface area contributed by atoms with E-state index in [2.05, 4.69) is 27.6 Å². The molecule has 0 bridgehead atoms. The van der Waals surface area contributed by atoms with Crippen LogP contribution in [-0.4, -0.2) is 10.1 Å². The van der Waals surface area contributed by atoms with E-state index < -0.39 is 0 Å². The van der Waals surface area contributed by atoms with Gasteiger partial charge in [0.25, 0.3) is 0 Å². The fourth-order valence-electron chi connectivity index (χ4n) is 2.40. The van der Waals surface area contributed by atoms with Crippen molar-refractivity contribution in [1.82, 2.24) is 10.1 Å². The molecule has 0 unspecified atom stereocenters. The van der Waals surface area contributed by atoms with Crippen LogP contribution < -0.4 is 11.1 Å². The van der Waals surface area contributed by atoms with Crippen LogP contribution in [0.2, 0.25) is 0 Å². The van der Waals surface area contributed by atoms with E-state index in [-0.39, 0.29) is 0 Å². The lowest BCUT2D eigenvalue weighted by Gasteiger charge is -2.11. The van der Waals surface area contributed by atoms with Crippen molar-refractivity contribution in [2.24, 2.45) is 0 Å². The summed E-state index contributed by atoms with van der Waals surface area (Å²) in [5, 5.41) is 7.33. The second-order valence-corrected chi connectivity index (χ2v) is 5.20. The Balaban J connectivity index is 1.87. The predicted molar refractivity (Wildman–Crippen MR) is 87.4 cm³/mol. The number of benzene rings is 1. The number of rotatable bonds is 4. The van der Waals surface area contributed by atoms with Crippen LogP contribution in [0, 0.1) is 13.8 Å². The number of anilines is 2. The number of hydrogen-bond donors (Lipinski definition) is 2. The van der Waals surface area contributed by atoms with Gasteiger partial charge in [-0.05, 0) is 25.5 Å². The quantitative estimate of drug-likeness (QED) is 0.769. The molecule has 0 amide bonds. The number of nitrogen functional groups attached to an aromatic ring is 1. The minimum atomic E-state index is 0.617. The molecule has 0 spiro atoms. The van der Waals surface area contributed by atoms with Crippen molar-refractivity contribution in [1.29, 1.82) is 0 Å². The molecular weight excluding hydrogens is 276 g/mol. The van der Waals surface area contributed by atoms with Gasteiger partial charge in [0.05, 0.1) is 34.5 Å². The summed E-state index contributed by atoms with van der Waals surface area (Å²) in [5.74, 6) is 0.754. The van der Waals surface area contributed by atoms with Gasteiger partial charge in [-0.25, -0.2) is 0 Å². The molecular formula is C17H18N4O. The zero-order valence-electron chi connectivity index (χ0n) is 12.6. The summed E-state index contributed by atoms with van der Waals surface area (Å²) in [7, 11) is 0. The second-order valence-electron chi connectivity index (χ2n) is 5.20. The Morgan fingerprint density at radius 2 is 1.95 bits per heavy atom.